The smallest absolute Gasteiger partial charge is 0.250 e. The average molecular weight is 291 g/mol. The number of pyridine rings is 1. The minimum atomic E-state index is 0.0953. The van der Waals surface area contributed by atoms with Gasteiger partial charge >= 0.3 is 0 Å². The van der Waals surface area contributed by atoms with Crippen molar-refractivity contribution in [2.75, 3.05) is 19.6 Å². The molecule has 0 spiro atoms. The minimum Gasteiger partial charge on any atom is -0.314 e. The number of hydrogen-bond acceptors (Lipinski definition) is 3. The Kier molecular flexibility index (Phi) is 5.59. The molecule has 0 aromatic carbocycles. The molecule has 1 aromatic heterocycles. The van der Waals surface area contributed by atoms with Gasteiger partial charge in [0.25, 0.3) is 5.56 Å². The maximum absolute atomic E-state index is 11.8. The molecule has 0 bridgehead atoms. The van der Waals surface area contributed by atoms with Crippen molar-refractivity contribution in [1.82, 2.24) is 14.8 Å². The van der Waals surface area contributed by atoms with E-state index in [9.17, 15) is 4.79 Å². The van der Waals surface area contributed by atoms with Crippen molar-refractivity contribution in [2.45, 2.75) is 58.2 Å². The van der Waals surface area contributed by atoms with Crippen LogP contribution in [0, 0.1) is 0 Å². The molecule has 1 saturated heterocycles. The van der Waals surface area contributed by atoms with E-state index < -0.39 is 0 Å². The Bertz CT molecular complexity index is 499. The fourth-order valence-corrected chi connectivity index (χ4v) is 3.12. The molecule has 118 valence electrons. The van der Waals surface area contributed by atoms with E-state index in [4.69, 9.17) is 0 Å². The molecule has 2 rings (SSSR count). The van der Waals surface area contributed by atoms with Gasteiger partial charge in [-0.3, -0.25) is 9.69 Å². The van der Waals surface area contributed by atoms with E-state index in [0.717, 1.165) is 32.6 Å². The van der Waals surface area contributed by atoms with Crippen LogP contribution < -0.4 is 10.9 Å². The quantitative estimate of drug-likeness (QED) is 0.872. The largest absolute Gasteiger partial charge is 0.314 e. The topological polar surface area (TPSA) is 37.3 Å². The van der Waals surface area contributed by atoms with Crippen molar-refractivity contribution >= 4 is 0 Å². The molecule has 0 radical (unpaired) electrons. The standard InChI is InChI=1S/C17H29N3O/c1-4-8-15-13-18-17(3,5-2)14-20(15)12-11-19-10-7-6-9-16(19)21/h6-7,9-10,15,18H,4-5,8,11-14H2,1-3H3. The molecule has 0 amide bonds. The summed E-state index contributed by atoms with van der Waals surface area (Å²) in [7, 11) is 0. The Hall–Kier alpha value is -1.13. The lowest BCUT2D eigenvalue weighted by atomic mass is 9.92. The van der Waals surface area contributed by atoms with E-state index in [1.54, 1.807) is 12.1 Å². The van der Waals surface area contributed by atoms with Crippen molar-refractivity contribution in [3.8, 4) is 0 Å². The number of nitrogens with one attached hydrogen (secondary N) is 1. The molecule has 1 N–H and O–H groups in total. The van der Waals surface area contributed by atoms with Gasteiger partial charge in [0, 0.05) is 50.0 Å². The molecule has 0 aliphatic carbocycles. The third kappa shape index (κ3) is 4.17. The van der Waals surface area contributed by atoms with Crippen molar-refractivity contribution in [2.24, 2.45) is 0 Å². The van der Waals surface area contributed by atoms with E-state index in [2.05, 4.69) is 31.0 Å². The molecule has 4 nitrogen and oxygen atoms in total. The van der Waals surface area contributed by atoms with E-state index in [0.29, 0.717) is 6.04 Å². The van der Waals surface area contributed by atoms with Crippen LogP contribution in [-0.4, -0.2) is 40.7 Å². The highest BCUT2D eigenvalue weighted by molar-refractivity contribution is 4.96. The van der Waals surface area contributed by atoms with Crippen molar-refractivity contribution in [3.63, 3.8) is 0 Å². The van der Waals surface area contributed by atoms with Gasteiger partial charge in [-0.05, 0) is 25.8 Å². The van der Waals surface area contributed by atoms with E-state index in [1.807, 2.05) is 16.8 Å². The van der Waals surface area contributed by atoms with Crippen LogP contribution in [0.1, 0.15) is 40.0 Å². The summed E-state index contributed by atoms with van der Waals surface area (Å²) in [6.45, 7) is 10.6. The summed E-state index contributed by atoms with van der Waals surface area (Å²) >= 11 is 0. The Labute approximate surface area is 128 Å². The molecule has 21 heavy (non-hydrogen) atoms. The average Bonchev–Trinajstić information content (AvgIpc) is 2.49. The number of hydrogen-bond donors (Lipinski definition) is 1. The Morgan fingerprint density at radius 2 is 2.14 bits per heavy atom. The molecule has 1 fully saturated rings. The summed E-state index contributed by atoms with van der Waals surface area (Å²) in [5.41, 5.74) is 0.296. The molecule has 2 atom stereocenters. The fraction of sp³-hybridized carbons (Fsp3) is 0.706. The normalized spacial score (nSPS) is 26.9. The lowest BCUT2D eigenvalue weighted by molar-refractivity contribution is 0.0757. The highest BCUT2D eigenvalue weighted by atomic mass is 16.1. The van der Waals surface area contributed by atoms with Crippen LogP contribution in [0.15, 0.2) is 29.2 Å². The van der Waals surface area contributed by atoms with E-state index in [1.165, 1.54) is 12.8 Å². The molecule has 1 aromatic rings. The van der Waals surface area contributed by atoms with Gasteiger partial charge in [0.15, 0.2) is 0 Å². The maximum Gasteiger partial charge on any atom is 0.250 e. The van der Waals surface area contributed by atoms with Crippen LogP contribution in [0.2, 0.25) is 0 Å². The lowest BCUT2D eigenvalue weighted by Crippen LogP contribution is -2.63. The first-order chi connectivity index (χ1) is 10.1. The van der Waals surface area contributed by atoms with Crippen molar-refractivity contribution in [1.29, 1.82) is 0 Å². The molecule has 2 heterocycles. The molecule has 1 aliphatic heterocycles. The zero-order chi connectivity index (χ0) is 15.3. The molecule has 0 saturated carbocycles. The number of piperazine rings is 1. The zero-order valence-corrected chi connectivity index (χ0v) is 13.6. The summed E-state index contributed by atoms with van der Waals surface area (Å²) in [6.07, 6.45) is 5.44. The molecule has 1 aliphatic rings. The summed E-state index contributed by atoms with van der Waals surface area (Å²) in [4.78, 5) is 14.4. The number of aromatic nitrogens is 1. The molecule has 4 heteroatoms. The predicted octanol–water partition coefficient (Wildman–Crippen LogP) is 2.09. The van der Waals surface area contributed by atoms with Crippen LogP contribution in [0.4, 0.5) is 0 Å². The first-order valence-electron chi connectivity index (χ1n) is 8.22. The number of rotatable bonds is 6. The third-order valence-corrected chi connectivity index (χ3v) is 4.76. The summed E-state index contributed by atoms with van der Waals surface area (Å²) < 4.78 is 1.81. The van der Waals surface area contributed by atoms with Gasteiger partial charge < -0.3 is 9.88 Å². The fourth-order valence-electron chi connectivity index (χ4n) is 3.12. The second kappa shape index (κ2) is 7.23. The highest BCUT2D eigenvalue weighted by Gasteiger charge is 2.33. The summed E-state index contributed by atoms with van der Waals surface area (Å²) in [6, 6.07) is 5.96. The third-order valence-electron chi connectivity index (χ3n) is 4.76. The maximum atomic E-state index is 11.8. The second-order valence-electron chi connectivity index (χ2n) is 6.44. The SMILES string of the molecule is CCCC1CNC(C)(CC)CN1CCn1ccccc1=O. The van der Waals surface area contributed by atoms with Gasteiger partial charge in [-0.1, -0.05) is 26.3 Å². The Morgan fingerprint density at radius 1 is 1.33 bits per heavy atom. The van der Waals surface area contributed by atoms with Crippen molar-refractivity contribution in [3.05, 3.63) is 34.7 Å². The van der Waals surface area contributed by atoms with Gasteiger partial charge in [-0.2, -0.15) is 0 Å². The summed E-state index contributed by atoms with van der Waals surface area (Å²) in [5.74, 6) is 0. The lowest BCUT2D eigenvalue weighted by Gasteiger charge is -2.46. The highest BCUT2D eigenvalue weighted by Crippen LogP contribution is 2.21. The molecule has 2 unspecified atom stereocenters. The van der Waals surface area contributed by atoms with Gasteiger partial charge in [0.05, 0.1) is 0 Å². The van der Waals surface area contributed by atoms with Gasteiger partial charge in [-0.15, -0.1) is 0 Å². The first kappa shape index (κ1) is 16.2. The Morgan fingerprint density at radius 3 is 2.81 bits per heavy atom. The monoisotopic (exact) mass is 291 g/mol. The van der Waals surface area contributed by atoms with E-state index in [-0.39, 0.29) is 11.1 Å². The first-order valence-corrected chi connectivity index (χ1v) is 8.22. The van der Waals surface area contributed by atoms with Crippen molar-refractivity contribution < 1.29 is 0 Å². The van der Waals surface area contributed by atoms with Gasteiger partial charge in [-0.25, -0.2) is 0 Å². The predicted molar refractivity (Wildman–Crippen MR) is 87.7 cm³/mol. The molecular weight excluding hydrogens is 262 g/mol. The summed E-state index contributed by atoms with van der Waals surface area (Å²) in [5, 5.41) is 3.71. The van der Waals surface area contributed by atoms with Crippen LogP contribution in [-0.2, 0) is 6.54 Å². The van der Waals surface area contributed by atoms with Gasteiger partial charge in [0.1, 0.15) is 0 Å². The number of nitrogens with zero attached hydrogens (tertiary/aromatic N) is 2. The van der Waals surface area contributed by atoms with Crippen LogP contribution in [0.5, 0.6) is 0 Å². The Balaban J connectivity index is 2.02. The van der Waals surface area contributed by atoms with Crippen LogP contribution >= 0.6 is 0 Å². The second-order valence-corrected chi connectivity index (χ2v) is 6.44. The van der Waals surface area contributed by atoms with E-state index >= 15 is 0 Å². The minimum absolute atomic E-state index is 0.0953. The van der Waals surface area contributed by atoms with Gasteiger partial charge in [0.2, 0.25) is 0 Å². The molecular formula is C17H29N3O. The van der Waals surface area contributed by atoms with Crippen LogP contribution in [0.3, 0.4) is 0 Å². The van der Waals surface area contributed by atoms with Crippen LogP contribution in [0.25, 0.3) is 0 Å². The zero-order valence-electron chi connectivity index (χ0n) is 13.6.